The molecule has 1 aromatic rings. The van der Waals surface area contributed by atoms with Crippen LogP contribution in [0.15, 0.2) is 23.0 Å². The van der Waals surface area contributed by atoms with Gasteiger partial charge >= 0.3 is 0 Å². The van der Waals surface area contributed by atoms with Crippen LogP contribution < -0.4 is 0 Å². The third-order valence-corrected chi connectivity index (χ3v) is 6.14. The monoisotopic (exact) mass is 262 g/mol. The average Bonchev–Trinajstić information content (AvgIpc) is 2.74. The van der Waals surface area contributed by atoms with Gasteiger partial charge in [-0.1, -0.05) is 17.7 Å². The zero-order valence-corrected chi connectivity index (χ0v) is 10.8. The molecule has 1 aliphatic heterocycles. The van der Waals surface area contributed by atoms with Gasteiger partial charge in [0.25, 0.3) is 0 Å². The van der Waals surface area contributed by atoms with E-state index in [-0.39, 0.29) is 0 Å². The predicted molar refractivity (Wildman–Crippen MR) is 71.5 cm³/mol. The summed E-state index contributed by atoms with van der Waals surface area (Å²) < 4.78 is 0.542. The highest BCUT2D eigenvalue weighted by atomic mass is 35.5. The first-order chi connectivity index (χ1) is 6.92. The number of halogens is 1. The molecule has 1 fully saturated rings. The maximum absolute atomic E-state index is 5.91. The molecular formula is C10H11ClS3. The SMILES string of the molecule is ClC=C(c1cccs1)C1SCCCS1. The maximum Gasteiger partial charge on any atom is 0.0773 e. The first-order valence-corrected chi connectivity index (χ1v) is 7.90. The number of rotatable bonds is 2. The van der Waals surface area contributed by atoms with Gasteiger partial charge in [0.2, 0.25) is 0 Å². The second-order valence-electron chi connectivity index (χ2n) is 2.97. The van der Waals surface area contributed by atoms with Crippen molar-refractivity contribution >= 4 is 52.0 Å². The fraction of sp³-hybridized carbons (Fsp3) is 0.400. The summed E-state index contributed by atoms with van der Waals surface area (Å²) in [6.07, 6.45) is 1.33. The molecule has 0 nitrogen and oxygen atoms in total. The van der Waals surface area contributed by atoms with E-state index in [4.69, 9.17) is 11.6 Å². The van der Waals surface area contributed by atoms with Crippen LogP contribution in [0.5, 0.6) is 0 Å². The third kappa shape index (κ3) is 2.51. The van der Waals surface area contributed by atoms with Crippen molar-refractivity contribution in [1.29, 1.82) is 0 Å². The summed E-state index contributed by atoms with van der Waals surface area (Å²) in [6.45, 7) is 0. The number of hydrogen-bond donors (Lipinski definition) is 0. The number of thioether (sulfide) groups is 2. The van der Waals surface area contributed by atoms with Gasteiger partial charge in [0.15, 0.2) is 0 Å². The molecule has 4 heteroatoms. The summed E-state index contributed by atoms with van der Waals surface area (Å²) in [5.74, 6) is 2.52. The van der Waals surface area contributed by atoms with Crippen molar-refractivity contribution in [3.8, 4) is 0 Å². The van der Waals surface area contributed by atoms with E-state index in [0.29, 0.717) is 4.58 Å². The largest absolute Gasteiger partial charge is 0.144 e. The van der Waals surface area contributed by atoms with Gasteiger partial charge in [0.05, 0.1) is 4.58 Å². The smallest absolute Gasteiger partial charge is 0.0773 e. The van der Waals surface area contributed by atoms with E-state index in [1.165, 1.54) is 28.4 Å². The molecule has 0 amide bonds. The molecule has 0 aromatic carbocycles. The first kappa shape index (κ1) is 10.9. The van der Waals surface area contributed by atoms with Crippen molar-refractivity contribution in [1.82, 2.24) is 0 Å². The summed E-state index contributed by atoms with van der Waals surface area (Å²) in [7, 11) is 0. The van der Waals surface area contributed by atoms with Crippen molar-refractivity contribution in [3.05, 3.63) is 27.9 Å². The van der Waals surface area contributed by atoms with E-state index in [0.717, 1.165) is 0 Å². The van der Waals surface area contributed by atoms with Gasteiger partial charge in [0.1, 0.15) is 0 Å². The highest BCUT2D eigenvalue weighted by molar-refractivity contribution is 8.18. The Balaban J connectivity index is 2.13. The van der Waals surface area contributed by atoms with Crippen molar-refractivity contribution in [2.24, 2.45) is 0 Å². The number of hydrogen-bond acceptors (Lipinski definition) is 3. The first-order valence-electron chi connectivity index (χ1n) is 4.49. The van der Waals surface area contributed by atoms with E-state index in [1.54, 1.807) is 16.9 Å². The normalized spacial score (nSPS) is 19.9. The van der Waals surface area contributed by atoms with E-state index in [9.17, 15) is 0 Å². The fourth-order valence-electron chi connectivity index (χ4n) is 1.33. The minimum atomic E-state index is 0.542. The highest BCUT2D eigenvalue weighted by Crippen LogP contribution is 2.41. The van der Waals surface area contributed by atoms with Gasteiger partial charge in [-0.15, -0.1) is 34.9 Å². The van der Waals surface area contributed by atoms with Crippen LogP contribution in [0, 0.1) is 0 Å². The molecule has 0 atom stereocenters. The van der Waals surface area contributed by atoms with Crippen molar-refractivity contribution in [2.75, 3.05) is 11.5 Å². The lowest BCUT2D eigenvalue weighted by Crippen LogP contribution is -2.07. The van der Waals surface area contributed by atoms with Crippen molar-refractivity contribution in [3.63, 3.8) is 0 Å². The molecule has 0 spiro atoms. The summed E-state index contributed by atoms with van der Waals surface area (Å²) in [6, 6.07) is 4.23. The van der Waals surface area contributed by atoms with Gasteiger partial charge in [-0.25, -0.2) is 0 Å². The zero-order valence-electron chi connectivity index (χ0n) is 7.61. The molecule has 0 unspecified atom stereocenters. The standard InChI is InChI=1S/C10H11ClS3/c11-7-8(9-3-1-4-12-9)10-13-5-2-6-14-10/h1,3-4,7,10H,2,5-6H2. The minimum absolute atomic E-state index is 0.542. The van der Waals surface area contributed by atoms with Crippen LogP contribution in [0.3, 0.4) is 0 Å². The molecule has 0 saturated carbocycles. The van der Waals surface area contributed by atoms with Crippen LogP contribution >= 0.6 is 46.5 Å². The Labute approximate surface area is 102 Å². The van der Waals surface area contributed by atoms with Crippen LogP contribution in [0.1, 0.15) is 11.3 Å². The molecule has 0 radical (unpaired) electrons. The van der Waals surface area contributed by atoms with E-state index >= 15 is 0 Å². The van der Waals surface area contributed by atoms with Crippen LogP contribution in [0.2, 0.25) is 0 Å². The van der Waals surface area contributed by atoms with Crippen molar-refractivity contribution in [2.45, 2.75) is 11.0 Å². The Morgan fingerprint density at radius 1 is 1.43 bits per heavy atom. The van der Waals surface area contributed by atoms with Gasteiger partial charge in [-0.3, -0.25) is 0 Å². The van der Waals surface area contributed by atoms with E-state index in [2.05, 4.69) is 17.5 Å². The second kappa shape index (κ2) is 5.50. The van der Waals surface area contributed by atoms with Crippen LogP contribution in [-0.2, 0) is 0 Å². The molecule has 0 bridgehead atoms. The lowest BCUT2D eigenvalue weighted by atomic mass is 10.3. The Morgan fingerprint density at radius 2 is 2.21 bits per heavy atom. The average molecular weight is 263 g/mol. The third-order valence-electron chi connectivity index (χ3n) is 2.00. The summed E-state index contributed by atoms with van der Waals surface area (Å²) in [5, 5.41) is 2.11. The Bertz CT molecular complexity index is 299. The Morgan fingerprint density at radius 3 is 2.79 bits per heavy atom. The highest BCUT2D eigenvalue weighted by Gasteiger charge is 2.20. The topological polar surface area (TPSA) is 0 Å². The van der Waals surface area contributed by atoms with Gasteiger partial charge in [0, 0.05) is 16.0 Å². The molecule has 2 rings (SSSR count). The molecule has 2 heterocycles. The molecule has 1 aromatic heterocycles. The molecule has 0 aliphatic carbocycles. The van der Waals surface area contributed by atoms with E-state index in [1.807, 2.05) is 23.5 Å². The summed E-state index contributed by atoms with van der Waals surface area (Å²) in [5.41, 5.74) is 3.04. The molecule has 1 aliphatic rings. The molecular weight excluding hydrogens is 252 g/mol. The quantitative estimate of drug-likeness (QED) is 0.768. The Kier molecular flexibility index (Phi) is 4.29. The zero-order chi connectivity index (χ0) is 9.80. The van der Waals surface area contributed by atoms with Gasteiger partial charge < -0.3 is 0 Å². The van der Waals surface area contributed by atoms with E-state index < -0.39 is 0 Å². The van der Waals surface area contributed by atoms with Crippen LogP contribution in [0.4, 0.5) is 0 Å². The lowest BCUT2D eigenvalue weighted by Gasteiger charge is -2.22. The predicted octanol–water partition coefficient (Wildman–Crippen LogP) is 4.52. The minimum Gasteiger partial charge on any atom is -0.144 e. The fourth-order valence-corrected chi connectivity index (χ4v) is 5.66. The van der Waals surface area contributed by atoms with Crippen LogP contribution in [-0.4, -0.2) is 16.1 Å². The lowest BCUT2D eigenvalue weighted by molar-refractivity contribution is 1.11. The number of thiophene rings is 1. The molecule has 14 heavy (non-hydrogen) atoms. The summed E-state index contributed by atoms with van der Waals surface area (Å²) in [4.78, 5) is 1.31. The Hall–Kier alpha value is 0.430. The van der Waals surface area contributed by atoms with Gasteiger partial charge in [-0.2, -0.15) is 0 Å². The summed E-state index contributed by atoms with van der Waals surface area (Å²) >= 11 is 11.7. The molecule has 0 N–H and O–H groups in total. The maximum atomic E-state index is 5.91. The van der Waals surface area contributed by atoms with Crippen molar-refractivity contribution < 1.29 is 0 Å². The molecule has 76 valence electrons. The second-order valence-corrected chi connectivity index (χ2v) is 6.86. The van der Waals surface area contributed by atoms with Crippen LogP contribution in [0.25, 0.3) is 5.57 Å². The van der Waals surface area contributed by atoms with Gasteiger partial charge in [-0.05, 0) is 29.4 Å². The molecule has 1 saturated heterocycles.